The van der Waals surface area contributed by atoms with Gasteiger partial charge < -0.3 is 15.2 Å². The molecule has 0 aliphatic heterocycles. The number of H-pyrrole nitrogens is 1. The van der Waals surface area contributed by atoms with Crippen molar-refractivity contribution in [3.63, 3.8) is 0 Å². The minimum atomic E-state index is -5.11. The van der Waals surface area contributed by atoms with E-state index in [1.165, 1.54) is 12.1 Å². The summed E-state index contributed by atoms with van der Waals surface area (Å²) >= 11 is 11.5. The first-order valence-corrected chi connectivity index (χ1v) is 6.20. The molecule has 1 heterocycles. The van der Waals surface area contributed by atoms with Crippen LogP contribution < -0.4 is 0 Å². The fourth-order valence-electron chi connectivity index (χ4n) is 1.61. The summed E-state index contributed by atoms with van der Waals surface area (Å²) < 4.78 is 39.2. The monoisotopic (exact) mass is 338 g/mol. The Morgan fingerprint density at radius 3 is 2.43 bits per heavy atom. The normalized spacial score (nSPS) is 14.6. The van der Waals surface area contributed by atoms with Crippen molar-refractivity contribution in [1.29, 1.82) is 0 Å². The number of nitrogens with zero attached hydrogens (tertiary/aromatic N) is 1. The lowest BCUT2D eigenvalue weighted by atomic mass is 10.0. The topological polar surface area (TPSA) is 69.1 Å². The van der Waals surface area contributed by atoms with E-state index in [2.05, 4.69) is 9.97 Å². The Balaban J connectivity index is 2.66. The quantitative estimate of drug-likeness (QED) is 0.700. The molecule has 112 valence electrons. The average molecular weight is 339 g/mol. The maximum atomic E-state index is 13.1. The van der Waals surface area contributed by atoms with Gasteiger partial charge in [-0.2, -0.15) is 13.2 Å². The average Bonchev–Trinajstić information content (AvgIpc) is 2.78. The highest BCUT2D eigenvalue weighted by atomic mass is 35.5. The van der Waals surface area contributed by atoms with Crippen LogP contribution in [0, 0.1) is 11.8 Å². The third-order valence-electron chi connectivity index (χ3n) is 2.63. The second-order valence-electron chi connectivity index (χ2n) is 4.04. The molecule has 0 radical (unpaired) electrons. The van der Waals surface area contributed by atoms with Crippen molar-refractivity contribution < 1.29 is 23.4 Å². The molecule has 1 atom stereocenters. The number of imidazole rings is 1. The van der Waals surface area contributed by atoms with E-state index in [1.54, 1.807) is 11.8 Å². The summed E-state index contributed by atoms with van der Waals surface area (Å²) in [6.45, 7) is -0.837. The van der Waals surface area contributed by atoms with Crippen LogP contribution in [0.5, 0.6) is 0 Å². The number of halogens is 5. The van der Waals surface area contributed by atoms with Crippen molar-refractivity contribution >= 4 is 34.2 Å². The van der Waals surface area contributed by atoms with Crippen molar-refractivity contribution in [3.05, 3.63) is 28.0 Å². The van der Waals surface area contributed by atoms with Crippen molar-refractivity contribution in [3.8, 4) is 11.8 Å². The standard InChI is InChI=1S/C12H7Cl2F3N2O2/c13-6-4-8-9(5-7(6)14)19-10(18-8)11(21,2-1-3-20)12(15,16)17/h4-5,20-21H,3H2,(H,18,19). The third-order valence-corrected chi connectivity index (χ3v) is 3.35. The van der Waals surface area contributed by atoms with Crippen LogP contribution in [0.3, 0.4) is 0 Å². The van der Waals surface area contributed by atoms with Gasteiger partial charge in [0.25, 0.3) is 5.60 Å². The smallest absolute Gasteiger partial charge is 0.384 e. The van der Waals surface area contributed by atoms with E-state index in [9.17, 15) is 18.3 Å². The fourth-order valence-corrected chi connectivity index (χ4v) is 1.93. The molecule has 9 heteroatoms. The summed E-state index contributed by atoms with van der Waals surface area (Å²) in [5.41, 5.74) is -3.28. The van der Waals surface area contributed by atoms with Crippen molar-refractivity contribution in [2.24, 2.45) is 0 Å². The molecule has 0 saturated carbocycles. The van der Waals surface area contributed by atoms with Crippen molar-refractivity contribution in [2.45, 2.75) is 11.8 Å². The molecule has 0 bridgehead atoms. The molecule has 0 saturated heterocycles. The number of hydrogen-bond donors (Lipinski definition) is 3. The highest BCUT2D eigenvalue weighted by molar-refractivity contribution is 6.42. The number of fused-ring (bicyclic) bond motifs is 1. The van der Waals surface area contributed by atoms with Gasteiger partial charge >= 0.3 is 6.18 Å². The third kappa shape index (κ3) is 2.80. The van der Waals surface area contributed by atoms with Gasteiger partial charge in [0.1, 0.15) is 6.61 Å². The molecular weight excluding hydrogens is 332 g/mol. The second-order valence-corrected chi connectivity index (χ2v) is 4.85. The molecule has 0 fully saturated rings. The zero-order chi connectivity index (χ0) is 15.8. The number of alkyl halides is 3. The van der Waals surface area contributed by atoms with Gasteiger partial charge in [0.15, 0.2) is 5.82 Å². The Bertz CT molecular complexity index is 710. The molecular formula is C12H7Cl2F3N2O2. The van der Waals surface area contributed by atoms with Crippen LogP contribution >= 0.6 is 23.2 Å². The Hall–Kier alpha value is -1.46. The van der Waals surface area contributed by atoms with Gasteiger partial charge in [-0.3, -0.25) is 0 Å². The van der Waals surface area contributed by atoms with Gasteiger partial charge in [0.05, 0.1) is 21.1 Å². The first kappa shape index (κ1) is 15.9. The molecule has 0 spiro atoms. The first-order chi connectivity index (χ1) is 9.69. The summed E-state index contributed by atoms with van der Waals surface area (Å²) in [5, 5.41) is 18.6. The molecule has 0 aliphatic carbocycles. The number of hydrogen-bond acceptors (Lipinski definition) is 3. The number of aromatic nitrogens is 2. The molecule has 1 aromatic carbocycles. The van der Waals surface area contributed by atoms with E-state index in [-0.39, 0.29) is 21.1 Å². The Morgan fingerprint density at radius 1 is 1.24 bits per heavy atom. The van der Waals surface area contributed by atoms with Crippen LogP contribution in [0.25, 0.3) is 11.0 Å². The lowest BCUT2D eigenvalue weighted by molar-refractivity contribution is -0.243. The van der Waals surface area contributed by atoms with Crippen LogP contribution in [0.1, 0.15) is 5.82 Å². The van der Waals surface area contributed by atoms with Crippen LogP contribution in [0.2, 0.25) is 10.0 Å². The Kier molecular flexibility index (Phi) is 4.08. The summed E-state index contributed by atoms with van der Waals surface area (Å²) in [6.07, 6.45) is -5.11. The highest BCUT2D eigenvalue weighted by Crippen LogP contribution is 2.38. The molecule has 1 aromatic heterocycles. The zero-order valence-corrected chi connectivity index (χ0v) is 11.6. The van der Waals surface area contributed by atoms with E-state index < -0.39 is 24.2 Å². The molecule has 21 heavy (non-hydrogen) atoms. The van der Waals surface area contributed by atoms with Gasteiger partial charge in [-0.1, -0.05) is 29.1 Å². The van der Waals surface area contributed by atoms with Crippen molar-refractivity contribution in [1.82, 2.24) is 9.97 Å². The maximum absolute atomic E-state index is 13.1. The number of rotatable bonds is 1. The van der Waals surface area contributed by atoms with E-state index in [0.29, 0.717) is 0 Å². The molecule has 1 unspecified atom stereocenters. The van der Waals surface area contributed by atoms with Gasteiger partial charge in [0, 0.05) is 0 Å². The SMILES string of the molecule is OCC#CC(O)(c1nc2cc(Cl)c(Cl)cc2[nH]1)C(F)(F)F. The molecule has 3 N–H and O–H groups in total. The molecule has 0 aliphatic rings. The minimum absolute atomic E-state index is 0.0906. The predicted molar refractivity (Wildman–Crippen MR) is 70.9 cm³/mol. The summed E-state index contributed by atoms with van der Waals surface area (Å²) in [7, 11) is 0. The number of nitrogens with one attached hydrogen (secondary N) is 1. The molecule has 0 amide bonds. The number of benzene rings is 1. The highest BCUT2D eigenvalue weighted by Gasteiger charge is 2.56. The number of aromatic amines is 1. The Morgan fingerprint density at radius 2 is 1.86 bits per heavy atom. The van der Waals surface area contributed by atoms with E-state index >= 15 is 0 Å². The summed E-state index contributed by atoms with van der Waals surface area (Å²) in [5.74, 6) is 2.52. The van der Waals surface area contributed by atoms with Crippen molar-refractivity contribution in [2.75, 3.05) is 6.61 Å². The predicted octanol–water partition coefficient (Wildman–Crippen LogP) is 2.62. The second kappa shape index (κ2) is 5.39. The fraction of sp³-hybridized carbons (Fsp3) is 0.250. The van der Waals surface area contributed by atoms with E-state index in [0.717, 1.165) is 0 Å². The zero-order valence-electron chi connectivity index (χ0n) is 10.1. The minimum Gasteiger partial charge on any atom is -0.384 e. The van der Waals surface area contributed by atoms with Crippen LogP contribution in [-0.4, -0.2) is 33.0 Å². The largest absolute Gasteiger partial charge is 0.436 e. The van der Waals surface area contributed by atoms with Gasteiger partial charge in [-0.05, 0) is 18.1 Å². The molecule has 4 nitrogen and oxygen atoms in total. The maximum Gasteiger partial charge on any atom is 0.436 e. The lowest BCUT2D eigenvalue weighted by Crippen LogP contribution is -2.42. The summed E-state index contributed by atoms with van der Waals surface area (Å²) in [6, 6.07) is 2.54. The summed E-state index contributed by atoms with van der Waals surface area (Å²) in [4.78, 5) is 5.96. The molecule has 2 aromatic rings. The van der Waals surface area contributed by atoms with E-state index in [1.807, 2.05) is 0 Å². The lowest BCUT2D eigenvalue weighted by Gasteiger charge is -2.22. The van der Waals surface area contributed by atoms with Gasteiger partial charge in [-0.15, -0.1) is 0 Å². The van der Waals surface area contributed by atoms with E-state index in [4.69, 9.17) is 28.3 Å². The molecule has 2 rings (SSSR count). The first-order valence-electron chi connectivity index (χ1n) is 5.44. The van der Waals surface area contributed by atoms with Gasteiger partial charge in [0.2, 0.25) is 0 Å². The van der Waals surface area contributed by atoms with Crippen LogP contribution in [0.4, 0.5) is 13.2 Å². The Labute approximate surface area is 126 Å². The number of aliphatic hydroxyl groups excluding tert-OH is 1. The van der Waals surface area contributed by atoms with Crippen LogP contribution in [0.15, 0.2) is 12.1 Å². The van der Waals surface area contributed by atoms with Gasteiger partial charge in [-0.25, -0.2) is 4.98 Å². The van der Waals surface area contributed by atoms with Crippen LogP contribution in [-0.2, 0) is 5.60 Å². The number of aliphatic hydroxyl groups is 2.